The van der Waals surface area contributed by atoms with Crippen LogP contribution in [0.15, 0.2) is 54.6 Å². The number of ether oxygens (including phenoxy) is 1. The molecule has 0 saturated heterocycles. The molecular weight excluding hydrogens is 392 g/mol. The summed E-state index contributed by atoms with van der Waals surface area (Å²) in [5.74, 6) is 0.648. The standard InChI is InChI=1S/C30H36O2/c1-2-3-4-5-6-7-8-9-10-11-16-30(31)32-29-22-21-27-26-18-17-23-14-12-13-15-24(23)25(26)19-20-28(27)29/h12-15,17-20,22H,2-11,16,21H2,1H3. The maximum atomic E-state index is 12.4. The van der Waals surface area contributed by atoms with E-state index in [0.717, 1.165) is 30.6 Å². The van der Waals surface area contributed by atoms with Crippen molar-refractivity contribution in [1.29, 1.82) is 0 Å². The highest BCUT2D eigenvalue weighted by Crippen LogP contribution is 2.36. The number of carbonyl (C=O) groups is 1. The first-order valence-electron chi connectivity index (χ1n) is 12.6. The van der Waals surface area contributed by atoms with Crippen LogP contribution in [0.5, 0.6) is 0 Å². The van der Waals surface area contributed by atoms with Gasteiger partial charge in [0, 0.05) is 12.0 Å². The maximum absolute atomic E-state index is 12.4. The average Bonchev–Trinajstić information content (AvgIpc) is 3.23. The van der Waals surface area contributed by atoms with Gasteiger partial charge in [-0.3, -0.25) is 4.79 Å². The van der Waals surface area contributed by atoms with Crippen molar-refractivity contribution in [1.82, 2.24) is 0 Å². The molecule has 3 aromatic rings. The van der Waals surface area contributed by atoms with Crippen LogP contribution in [-0.4, -0.2) is 5.97 Å². The van der Waals surface area contributed by atoms with Crippen LogP contribution in [0.25, 0.3) is 27.3 Å². The highest BCUT2D eigenvalue weighted by Gasteiger charge is 2.20. The molecule has 2 heteroatoms. The Bertz CT molecular complexity index is 1090. The summed E-state index contributed by atoms with van der Waals surface area (Å²) in [5.41, 5.74) is 2.35. The first-order valence-corrected chi connectivity index (χ1v) is 12.6. The average molecular weight is 429 g/mol. The van der Waals surface area contributed by atoms with Gasteiger partial charge in [0.2, 0.25) is 0 Å². The second kappa shape index (κ2) is 11.3. The van der Waals surface area contributed by atoms with Crippen LogP contribution in [0.4, 0.5) is 0 Å². The molecular formula is C30H36O2. The summed E-state index contributed by atoms with van der Waals surface area (Å²) in [5, 5.41) is 5.07. The van der Waals surface area contributed by atoms with Crippen molar-refractivity contribution < 1.29 is 9.53 Å². The zero-order valence-electron chi connectivity index (χ0n) is 19.5. The predicted molar refractivity (Wildman–Crippen MR) is 136 cm³/mol. The molecule has 32 heavy (non-hydrogen) atoms. The lowest BCUT2D eigenvalue weighted by Gasteiger charge is -2.11. The van der Waals surface area contributed by atoms with Crippen molar-refractivity contribution >= 4 is 33.3 Å². The number of allylic oxidation sites excluding steroid dienone is 1. The van der Waals surface area contributed by atoms with E-state index in [1.807, 2.05) is 0 Å². The Kier molecular flexibility index (Phi) is 7.98. The first kappa shape index (κ1) is 22.6. The van der Waals surface area contributed by atoms with Crippen LogP contribution in [0.2, 0.25) is 0 Å². The maximum Gasteiger partial charge on any atom is 0.311 e. The lowest BCUT2D eigenvalue weighted by molar-refractivity contribution is -0.136. The molecule has 3 aromatic carbocycles. The van der Waals surface area contributed by atoms with Gasteiger partial charge in [0.25, 0.3) is 0 Å². The fraction of sp³-hybridized carbons (Fsp3) is 0.433. The number of carbonyl (C=O) groups excluding carboxylic acids is 1. The molecule has 0 N–H and O–H groups in total. The number of hydrogen-bond acceptors (Lipinski definition) is 2. The van der Waals surface area contributed by atoms with Crippen LogP contribution >= 0.6 is 0 Å². The van der Waals surface area contributed by atoms with Crippen molar-refractivity contribution in [3.63, 3.8) is 0 Å². The van der Waals surface area contributed by atoms with Gasteiger partial charge in [-0.1, -0.05) is 113 Å². The molecule has 0 aromatic heterocycles. The third kappa shape index (κ3) is 5.41. The number of hydrogen-bond donors (Lipinski definition) is 0. The highest BCUT2D eigenvalue weighted by atomic mass is 16.5. The topological polar surface area (TPSA) is 26.3 Å². The molecule has 0 spiro atoms. The molecule has 2 nitrogen and oxygen atoms in total. The summed E-state index contributed by atoms with van der Waals surface area (Å²) in [4.78, 5) is 12.4. The van der Waals surface area contributed by atoms with E-state index in [2.05, 4.69) is 61.5 Å². The zero-order valence-corrected chi connectivity index (χ0v) is 19.5. The number of fused-ring (bicyclic) bond motifs is 5. The lowest BCUT2D eigenvalue weighted by atomic mass is 9.96. The number of rotatable bonds is 12. The Labute approximate surface area is 192 Å². The molecule has 4 rings (SSSR count). The Hall–Kier alpha value is -2.61. The van der Waals surface area contributed by atoms with E-state index in [1.54, 1.807) is 0 Å². The molecule has 0 amide bonds. The molecule has 0 fully saturated rings. The third-order valence-corrected chi connectivity index (χ3v) is 6.75. The molecule has 0 atom stereocenters. The van der Waals surface area contributed by atoms with Gasteiger partial charge in [0.15, 0.2) is 0 Å². The van der Waals surface area contributed by atoms with E-state index >= 15 is 0 Å². The minimum Gasteiger partial charge on any atom is -0.426 e. The van der Waals surface area contributed by atoms with Gasteiger partial charge in [0.1, 0.15) is 5.76 Å². The lowest BCUT2D eigenvalue weighted by Crippen LogP contribution is -2.03. The fourth-order valence-electron chi connectivity index (χ4n) is 4.93. The van der Waals surface area contributed by atoms with E-state index in [0.29, 0.717) is 6.42 Å². The summed E-state index contributed by atoms with van der Waals surface area (Å²) in [6.45, 7) is 2.26. The second-order valence-corrected chi connectivity index (χ2v) is 9.15. The van der Waals surface area contributed by atoms with Gasteiger partial charge < -0.3 is 4.74 Å². The molecule has 0 radical (unpaired) electrons. The fourth-order valence-corrected chi connectivity index (χ4v) is 4.93. The van der Waals surface area contributed by atoms with Crippen molar-refractivity contribution in [3.8, 4) is 0 Å². The van der Waals surface area contributed by atoms with E-state index in [4.69, 9.17) is 4.74 Å². The van der Waals surface area contributed by atoms with Crippen LogP contribution < -0.4 is 0 Å². The molecule has 0 bridgehead atoms. The third-order valence-electron chi connectivity index (χ3n) is 6.75. The number of benzene rings is 3. The van der Waals surface area contributed by atoms with Gasteiger partial charge in [-0.05, 0) is 46.0 Å². The van der Waals surface area contributed by atoms with E-state index < -0.39 is 0 Å². The van der Waals surface area contributed by atoms with Crippen molar-refractivity contribution in [2.45, 2.75) is 84.0 Å². The molecule has 0 heterocycles. The van der Waals surface area contributed by atoms with Crippen molar-refractivity contribution in [2.75, 3.05) is 0 Å². The minimum absolute atomic E-state index is 0.0951. The Morgan fingerprint density at radius 2 is 1.44 bits per heavy atom. The van der Waals surface area contributed by atoms with Crippen LogP contribution in [0.3, 0.4) is 0 Å². The normalized spacial score (nSPS) is 12.8. The summed E-state index contributed by atoms with van der Waals surface area (Å²) >= 11 is 0. The minimum atomic E-state index is -0.0951. The van der Waals surface area contributed by atoms with Crippen molar-refractivity contribution in [3.05, 3.63) is 65.7 Å². The number of esters is 1. The van der Waals surface area contributed by atoms with Gasteiger partial charge in [0.05, 0.1) is 0 Å². The highest BCUT2D eigenvalue weighted by molar-refractivity contribution is 6.09. The van der Waals surface area contributed by atoms with E-state index in [9.17, 15) is 4.79 Å². The molecule has 0 saturated carbocycles. The Morgan fingerprint density at radius 1 is 0.750 bits per heavy atom. The van der Waals surface area contributed by atoms with Gasteiger partial charge in [-0.15, -0.1) is 0 Å². The summed E-state index contributed by atoms with van der Waals surface area (Å²) in [6, 6.07) is 17.2. The molecule has 1 aliphatic rings. The monoisotopic (exact) mass is 428 g/mol. The predicted octanol–water partition coefficient (Wildman–Crippen LogP) is 8.74. The second-order valence-electron chi connectivity index (χ2n) is 9.15. The van der Waals surface area contributed by atoms with Crippen molar-refractivity contribution in [2.24, 2.45) is 0 Å². The zero-order chi connectivity index (χ0) is 22.2. The summed E-state index contributed by atoms with van der Waals surface area (Å²) in [6.07, 6.45) is 16.1. The largest absolute Gasteiger partial charge is 0.426 e. The van der Waals surface area contributed by atoms with E-state index in [1.165, 1.54) is 78.5 Å². The quantitative estimate of drug-likeness (QED) is 0.164. The molecule has 1 aliphatic carbocycles. The first-order chi connectivity index (χ1) is 15.8. The van der Waals surface area contributed by atoms with E-state index in [-0.39, 0.29) is 5.97 Å². The molecule has 168 valence electrons. The molecule has 0 unspecified atom stereocenters. The number of unbranched alkanes of at least 4 members (excludes halogenated alkanes) is 9. The van der Waals surface area contributed by atoms with Gasteiger partial charge >= 0.3 is 5.97 Å². The van der Waals surface area contributed by atoms with Gasteiger partial charge in [-0.25, -0.2) is 0 Å². The SMILES string of the molecule is CCCCCCCCCCCCC(=O)OC1=CCc2c1ccc1c2ccc2ccccc21. The summed E-state index contributed by atoms with van der Waals surface area (Å²) in [7, 11) is 0. The smallest absolute Gasteiger partial charge is 0.311 e. The Balaban J connectivity index is 1.25. The van der Waals surface area contributed by atoms with Crippen LogP contribution in [0.1, 0.15) is 88.7 Å². The van der Waals surface area contributed by atoms with Crippen LogP contribution in [-0.2, 0) is 16.0 Å². The molecule has 0 aliphatic heterocycles. The summed E-state index contributed by atoms with van der Waals surface area (Å²) < 4.78 is 5.78. The van der Waals surface area contributed by atoms with Gasteiger partial charge in [-0.2, -0.15) is 0 Å². The van der Waals surface area contributed by atoms with Crippen LogP contribution in [0, 0.1) is 0 Å². The Morgan fingerprint density at radius 3 is 2.22 bits per heavy atom.